The van der Waals surface area contributed by atoms with Crippen LogP contribution in [0.2, 0.25) is 0 Å². The van der Waals surface area contributed by atoms with E-state index in [2.05, 4.69) is 48.0 Å². The number of rotatable bonds is 4. The molecule has 7 nitrogen and oxygen atoms in total. The topological polar surface area (TPSA) is 83.6 Å². The van der Waals surface area contributed by atoms with Gasteiger partial charge in [-0.2, -0.15) is 5.26 Å². The summed E-state index contributed by atoms with van der Waals surface area (Å²) in [5, 5.41) is 9.12. The van der Waals surface area contributed by atoms with Gasteiger partial charge in [-0.05, 0) is 72.4 Å². The second-order valence-corrected chi connectivity index (χ2v) is 11.0. The molecule has 0 atom stereocenters. The summed E-state index contributed by atoms with van der Waals surface area (Å²) < 4.78 is 11.1. The number of allylic oxidation sites excluding steroid dienone is 3. The summed E-state index contributed by atoms with van der Waals surface area (Å²) in [5.74, 6) is 2.65. The summed E-state index contributed by atoms with van der Waals surface area (Å²) in [6.45, 7) is 6.63. The van der Waals surface area contributed by atoms with E-state index in [0.717, 1.165) is 84.2 Å². The molecule has 1 saturated heterocycles. The number of nitriles is 1. The Balaban J connectivity index is 1.06. The van der Waals surface area contributed by atoms with Crippen LogP contribution < -0.4 is 14.4 Å². The van der Waals surface area contributed by atoms with E-state index >= 15 is 0 Å². The Labute approximate surface area is 228 Å². The number of hydrogen-bond acceptors (Lipinski definition) is 7. The van der Waals surface area contributed by atoms with Crippen LogP contribution in [0.4, 0.5) is 5.82 Å². The van der Waals surface area contributed by atoms with Gasteiger partial charge in [0.1, 0.15) is 12.1 Å². The van der Waals surface area contributed by atoms with Crippen molar-refractivity contribution in [2.24, 2.45) is 10.4 Å². The third kappa shape index (κ3) is 4.08. The SMILES string of the molecule is CC1=C(c2ccc3c(c2)OCO3)CC(C2(C)CCN(c3ncnc4c3C=C(c3ccc(C#N)cc3)C4)CC2)=N1. The maximum absolute atomic E-state index is 9.12. The van der Waals surface area contributed by atoms with Crippen LogP contribution in [0.5, 0.6) is 11.5 Å². The van der Waals surface area contributed by atoms with Crippen LogP contribution in [-0.4, -0.2) is 35.6 Å². The van der Waals surface area contributed by atoms with Crippen LogP contribution >= 0.6 is 0 Å². The molecule has 7 rings (SSSR count). The minimum absolute atomic E-state index is 0.0511. The van der Waals surface area contributed by atoms with Crippen molar-refractivity contribution in [3.63, 3.8) is 0 Å². The van der Waals surface area contributed by atoms with E-state index in [1.165, 1.54) is 16.9 Å². The Morgan fingerprint density at radius 2 is 1.72 bits per heavy atom. The smallest absolute Gasteiger partial charge is 0.231 e. The lowest BCUT2D eigenvalue weighted by atomic mass is 9.74. The lowest BCUT2D eigenvalue weighted by Gasteiger charge is -2.40. The minimum Gasteiger partial charge on any atom is -0.454 e. The molecule has 2 aromatic carbocycles. The molecule has 7 heteroatoms. The number of ether oxygens (including phenoxy) is 2. The molecule has 0 spiro atoms. The van der Waals surface area contributed by atoms with Gasteiger partial charge in [-0.3, -0.25) is 4.99 Å². The molecule has 4 aliphatic rings. The number of hydrogen-bond donors (Lipinski definition) is 0. The van der Waals surface area contributed by atoms with Crippen molar-refractivity contribution in [1.29, 1.82) is 5.26 Å². The minimum atomic E-state index is 0.0511. The third-order valence-corrected chi connectivity index (χ3v) is 8.67. The van der Waals surface area contributed by atoms with Crippen molar-refractivity contribution in [2.45, 2.75) is 39.5 Å². The number of fused-ring (bicyclic) bond motifs is 2. The van der Waals surface area contributed by atoms with E-state index in [9.17, 15) is 0 Å². The zero-order chi connectivity index (χ0) is 26.6. The van der Waals surface area contributed by atoms with Gasteiger partial charge in [-0.1, -0.05) is 25.1 Å². The number of aliphatic imine (C=N–C) groups is 1. The number of piperidine rings is 1. The predicted molar refractivity (Wildman–Crippen MR) is 152 cm³/mol. The number of anilines is 1. The van der Waals surface area contributed by atoms with Crippen molar-refractivity contribution in [3.05, 3.63) is 82.4 Å². The van der Waals surface area contributed by atoms with Gasteiger partial charge in [0.2, 0.25) is 6.79 Å². The highest BCUT2D eigenvalue weighted by Gasteiger charge is 2.38. The molecule has 39 heavy (non-hydrogen) atoms. The zero-order valence-corrected chi connectivity index (χ0v) is 22.2. The van der Waals surface area contributed by atoms with Gasteiger partial charge >= 0.3 is 0 Å². The highest BCUT2D eigenvalue weighted by molar-refractivity contribution is 6.03. The summed E-state index contributed by atoms with van der Waals surface area (Å²) in [7, 11) is 0. The molecular weight excluding hydrogens is 486 g/mol. The van der Waals surface area contributed by atoms with E-state index in [1.54, 1.807) is 6.33 Å². The quantitative estimate of drug-likeness (QED) is 0.420. The van der Waals surface area contributed by atoms with Crippen LogP contribution in [0.1, 0.15) is 61.1 Å². The fraction of sp³-hybridized carbons (Fsp3) is 0.312. The maximum atomic E-state index is 9.12. The van der Waals surface area contributed by atoms with Gasteiger partial charge in [0, 0.05) is 48.3 Å². The van der Waals surface area contributed by atoms with E-state index in [4.69, 9.17) is 24.7 Å². The van der Waals surface area contributed by atoms with E-state index in [1.807, 2.05) is 30.3 Å². The first-order chi connectivity index (χ1) is 19.0. The first-order valence-corrected chi connectivity index (χ1v) is 13.5. The van der Waals surface area contributed by atoms with E-state index < -0.39 is 0 Å². The van der Waals surface area contributed by atoms with Gasteiger partial charge in [0.05, 0.1) is 17.3 Å². The van der Waals surface area contributed by atoms with Gasteiger partial charge in [0.15, 0.2) is 11.5 Å². The summed E-state index contributed by atoms with van der Waals surface area (Å²) >= 11 is 0. The fourth-order valence-electron chi connectivity index (χ4n) is 6.16. The summed E-state index contributed by atoms with van der Waals surface area (Å²) in [5.41, 5.74) is 10.1. The summed E-state index contributed by atoms with van der Waals surface area (Å²) in [6, 6.07) is 16.2. The molecule has 0 N–H and O–H groups in total. The Bertz CT molecular complexity index is 1620. The van der Waals surface area contributed by atoms with Crippen LogP contribution in [0.25, 0.3) is 17.2 Å². The number of benzene rings is 2. The second-order valence-electron chi connectivity index (χ2n) is 11.0. The highest BCUT2D eigenvalue weighted by atomic mass is 16.7. The molecular formula is C32H29N5O2. The van der Waals surface area contributed by atoms with Gasteiger partial charge in [-0.25, -0.2) is 9.97 Å². The molecule has 0 radical (unpaired) electrons. The normalized spacial score (nSPS) is 19.1. The molecule has 4 heterocycles. The van der Waals surface area contributed by atoms with Gasteiger partial charge in [-0.15, -0.1) is 0 Å². The number of nitrogens with zero attached hydrogens (tertiary/aromatic N) is 5. The van der Waals surface area contributed by atoms with Crippen LogP contribution in [0.3, 0.4) is 0 Å². The highest BCUT2D eigenvalue weighted by Crippen LogP contribution is 2.44. The molecule has 0 bridgehead atoms. The number of aromatic nitrogens is 2. The van der Waals surface area contributed by atoms with Crippen molar-refractivity contribution < 1.29 is 9.47 Å². The fourth-order valence-corrected chi connectivity index (χ4v) is 6.16. The van der Waals surface area contributed by atoms with Crippen molar-refractivity contribution >= 4 is 28.8 Å². The first-order valence-electron chi connectivity index (χ1n) is 13.5. The molecule has 1 fully saturated rings. The largest absolute Gasteiger partial charge is 0.454 e. The van der Waals surface area contributed by atoms with E-state index in [0.29, 0.717) is 5.56 Å². The van der Waals surface area contributed by atoms with Crippen LogP contribution in [0.15, 0.2) is 59.5 Å². The molecule has 0 unspecified atom stereocenters. The van der Waals surface area contributed by atoms with Crippen molar-refractivity contribution in [2.75, 3.05) is 24.8 Å². The van der Waals surface area contributed by atoms with Gasteiger partial charge < -0.3 is 14.4 Å². The molecule has 0 saturated carbocycles. The standard InChI is InChI=1S/C32H29N5O2/c1-20-25(23-7-8-28-29(15-23)39-19-38-28)16-30(36-20)32(2)9-11-37(12-10-32)31-26-13-24(14-27(26)34-18-35-31)22-5-3-21(17-33)4-6-22/h3-8,13,15,18H,9-12,14,16,19H2,1-2H3. The van der Waals surface area contributed by atoms with Crippen LogP contribution in [0, 0.1) is 16.7 Å². The lowest BCUT2D eigenvalue weighted by molar-refractivity contribution is 0.174. The average Bonchev–Trinajstić information content (AvgIpc) is 3.71. The second kappa shape index (κ2) is 9.09. The third-order valence-electron chi connectivity index (χ3n) is 8.67. The predicted octanol–water partition coefficient (Wildman–Crippen LogP) is 6.06. The Hall–Kier alpha value is -4.44. The molecule has 1 aromatic heterocycles. The first kappa shape index (κ1) is 23.7. The van der Waals surface area contributed by atoms with Crippen molar-refractivity contribution in [3.8, 4) is 17.6 Å². The molecule has 3 aromatic rings. The molecule has 0 amide bonds. The molecule has 1 aliphatic carbocycles. The van der Waals surface area contributed by atoms with Gasteiger partial charge in [0.25, 0.3) is 0 Å². The monoisotopic (exact) mass is 515 g/mol. The van der Waals surface area contributed by atoms with Crippen molar-refractivity contribution in [1.82, 2.24) is 9.97 Å². The van der Waals surface area contributed by atoms with E-state index in [-0.39, 0.29) is 12.2 Å². The Kier molecular flexibility index (Phi) is 5.52. The molecule has 194 valence electrons. The maximum Gasteiger partial charge on any atom is 0.231 e. The van der Waals surface area contributed by atoms with Crippen LogP contribution in [-0.2, 0) is 6.42 Å². The summed E-state index contributed by atoms with van der Waals surface area (Å²) in [4.78, 5) is 16.8. The average molecular weight is 516 g/mol. The molecule has 3 aliphatic heterocycles. The summed E-state index contributed by atoms with van der Waals surface area (Å²) in [6.07, 6.45) is 7.64. The Morgan fingerprint density at radius 1 is 0.949 bits per heavy atom. The Morgan fingerprint density at radius 3 is 2.51 bits per heavy atom. The lowest BCUT2D eigenvalue weighted by Crippen LogP contribution is -2.43. The zero-order valence-electron chi connectivity index (χ0n) is 22.2.